The van der Waals surface area contributed by atoms with Crippen LogP contribution in [0.3, 0.4) is 0 Å². The number of benzene rings is 3. The molecule has 3 aromatic carbocycles. The van der Waals surface area contributed by atoms with Crippen LogP contribution in [0.4, 0.5) is 0 Å². The van der Waals surface area contributed by atoms with Gasteiger partial charge in [0.05, 0.1) is 14.2 Å². The van der Waals surface area contributed by atoms with Crippen molar-refractivity contribution in [1.29, 1.82) is 0 Å². The van der Waals surface area contributed by atoms with E-state index in [1.807, 2.05) is 12.1 Å². The Hall–Kier alpha value is -2.78. The van der Waals surface area contributed by atoms with E-state index in [1.54, 1.807) is 14.2 Å². The molecule has 1 atom stereocenters. The maximum absolute atomic E-state index is 5.42. The van der Waals surface area contributed by atoms with Crippen LogP contribution >= 0.6 is 0 Å². The van der Waals surface area contributed by atoms with Gasteiger partial charge in [0.25, 0.3) is 0 Å². The molecule has 3 heteroatoms. The van der Waals surface area contributed by atoms with Gasteiger partial charge in [0, 0.05) is 18.5 Å². The molecule has 0 heterocycles. The Morgan fingerprint density at radius 3 is 1.81 bits per heavy atom. The Morgan fingerprint density at radius 2 is 1.30 bits per heavy atom. The van der Waals surface area contributed by atoms with Gasteiger partial charge >= 0.3 is 0 Å². The van der Waals surface area contributed by atoms with Gasteiger partial charge in [0.1, 0.15) is 0 Å². The molecule has 0 aliphatic rings. The van der Waals surface area contributed by atoms with E-state index in [1.165, 1.54) is 16.7 Å². The summed E-state index contributed by atoms with van der Waals surface area (Å²) >= 11 is 0. The lowest BCUT2D eigenvalue weighted by Gasteiger charge is -2.26. The molecule has 3 nitrogen and oxygen atoms in total. The molecular weight excluding hydrogens is 334 g/mol. The maximum Gasteiger partial charge on any atom is 0.161 e. The number of ether oxygens (including phenoxy) is 2. The smallest absolute Gasteiger partial charge is 0.161 e. The first-order valence-electron chi connectivity index (χ1n) is 9.27. The molecule has 0 radical (unpaired) electrons. The van der Waals surface area contributed by atoms with Crippen LogP contribution in [-0.2, 0) is 6.54 Å². The van der Waals surface area contributed by atoms with Gasteiger partial charge in [0.15, 0.2) is 11.5 Å². The van der Waals surface area contributed by atoms with E-state index in [0.717, 1.165) is 18.0 Å². The summed E-state index contributed by atoms with van der Waals surface area (Å²) < 4.78 is 10.7. The number of hydrogen-bond donors (Lipinski definition) is 1. The zero-order valence-electron chi connectivity index (χ0n) is 16.2. The molecule has 27 heavy (non-hydrogen) atoms. The average Bonchev–Trinajstić information content (AvgIpc) is 2.73. The first-order chi connectivity index (χ1) is 13.2. The molecule has 3 rings (SSSR count). The lowest BCUT2D eigenvalue weighted by molar-refractivity contribution is 0.354. The summed E-state index contributed by atoms with van der Waals surface area (Å²) in [6.07, 6.45) is 0. The second kappa shape index (κ2) is 9.24. The minimum absolute atomic E-state index is 0.267. The minimum atomic E-state index is 0.267. The molecule has 0 fully saturated rings. The van der Waals surface area contributed by atoms with E-state index in [0.29, 0.717) is 0 Å². The molecule has 0 aliphatic carbocycles. The first-order valence-corrected chi connectivity index (χ1v) is 9.27. The predicted octanol–water partition coefficient (Wildman–Crippen LogP) is 5.01. The normalized spacial score (nSPS) is 12.0. The fourth-order valence-electron chi connectivity index (χ4n) is 3.48. The molecule has 0 bridgehead atoms. The van der Waals surface area contributed by atoms with Crippen molar-refractivity contribution in [2.75, 3.05) is 14.2 Å². The van der Waals surface area contributed by atoms with Gasteiger partial charge in [-0.05, 0) is 35.7 Å². The summed E-state index contributed by atoms with van der Waals surface area (Å²) in [7, 11) is 3.32. The maximum atomic E-state index is 5.42. The van der Waals surface area contributed by atoms with Gasteiger partial charge in [-0.25, -0.2) is 0 Å². The monoisotopic (exact) mass is 361 g/mol. The van der Waals surface area contributed by atoms with E-state index in [-0.39, 0.29) is 12.0 Å². The quantitative estimate of drug-likeness (QED) is 0.611. The number of methoxy groups -OCH3 is 2. The third-order valence-corrected chi connectivity index (χ3v) is 4.89. The molecular formula is C24H27NO2. The van der Waals surface area contributed by atoms with Crippen molar-refractivity contribution in [3.8, 4) is 11.5 Å². The highest BCUT2D eigenvalue weighted by atomic mass is 16.5. The van der Waals surface area contributed by atoms with Crippen LogP contribution in [0.2, 0.25) is 0 Å². The number of hydrogen-bond acceptors (Lipinski definition) is 3. The van der Waals surface area contributed by atoms with Gasteiger partial charge in [-0.15, -0.1) is 0 Å². The molecule has 0 aliphatic heterocycles. The van der Waals surface area contributed by atoms with Gasteiger partial charge < -0.3 is 14.8 Å². The molecule has 1 N–H and O–H groups in total. The number of rotatable bonds is 8. The van der Waals surface area contributed by atoms with Crippen LogP contribution in [0.25, 0.3) is 0 Å². The Kier molecular flexibility index (Phi) is 6.50. The zero-order valence-corrected chi connectivity index (χ0v) is 16.2. The molecule has 1 unspecified atom stereocenters. The minimum Gasteiger partial charge on any atom is -0.493 e. The fraction of sp³-hybridized carbons (Fsp3) is 0.250. The van der Waals surface area contributed by atoms with Crippen molar-refractivity contribution < 1.29 is 9.47 Å². The summed E-state index contributed by atoms with van der Waals surface area (Å²) in [5.41, 5.74) is 3.80. The van der Waals surface area contributed by atoms with Crippen LogP contribution in [0, 0.1) is 0 Å². The molecule has 3 aromatic rings. The van der Waals surface area contributed by atoms with Crippen molar-refractivity contribution in [2.24, 2.45) is 0 Å². The summed E-state index contributed by atoms with van der Waals surface area (Å²) in [6.45, 7) is 3.00. The fourth-order valence-corrected chi connectivity index (χ4v) is 3.48. The topological polar surface area (TPSA) is 30.5 Å². The Bertz CT molecular complexity index is 794. The second-order valence-electron chi connectivity index (χ2n) is 6.66. The third-order valence-electron chi connectivity index (χ3n) is 4.89. The van der Waals surface area contributed by atoms with Crippen molar-refractivity contribution in [3.63, 3.8) is 0 Å². The summed E-state index contributed by atoms with van der Waals surface area (Å²) in [5.74, 6) is 1.79. The van der Waals surface area contributed by atoms with E-state index < -0.39 is 0 Å². The molecule has 0 saturated heterocycles. The Labute approximate surface area is 162 Å². The average molecular weight is 361 g/mol. The van der Waals surface area contributed by atoms with Gasteiger partial charge in [-0.3, -0.25) is 0 Å². The van der Waals surface area contributed by atoms with Crippen molar-refractivity contribution >= 4 is 0 Å². The summed E-state index contributed by atoms with van der Waals surface area (Å²) in [5, 5.41) is 3.69. The largest absolute Gasteiger partial charge is 0.493 e. The summed E-state index contributed by atoms with van der Waals surface area (Å²) in [6, 6.07) is 27.7. The SMILES string of the molecule is COc1ccc(CNC(C)C(c2ccccc2)c2ccccc2)cc1OC. The molecule has 0 spiro atoms. The van der Waals surface area contributed by atoms with Crippen LogP contribution in [-0.4, -0.2) is 20.3 Å². The Morgan fingerprint density at radius 1 is 0.741 bits per heavy atom. The van der Waals surface area contributed by atoms with Gasteiger partial charge in [-0.1, -0.05) is 66.7 Å². The standard InChI is InChI=1S/C24H27NO2/c1-18(25-17-19-14-15-22(26-2)23(16-19)27-3)24(20-10-6-4-7-11-20)21-12-8-5-9-13-21/h4-16,18,24-25H,17H2,1-3H3. The van der Waals surface area contributed by atoms with Crippen LogP contribution in [0.5, 0.6) is 11.5 Å². The first kappa shape index (κ1) is 19.0. The lowest BCUT2D eigenvalue weighted by atomic mass is 9.86. The zero-order chi connectivity index (χ0) is 19.1. The molecule has 140 valence electrons. The lowest BCUT2D eigenvalue weighted by Crippen LogP contribution is -2.32. The van der Waals surface area contributed by atoms with Gasteiger partial charge in [-0.2, -0.15) is 0 Å². The predicted molar refractivity (Wildman–Crippen MR) is 111 cm³/mol. The highest BCUT2D eigenvalue weighted by Gasteiger charge is 2.21. The molecule has 0 saturated carbocycles. The Balaban J connectivity index is 1.78. The van der Waals surface area contributed by atoms with Gasteiger partial charge in [0.2, 0.25) is 0 Å². The summed E-state index contributed by atoms with van der Waals surface area (Å²) in [4.78, 5) is 0. The van der Waals surface area contributed by atoms with E-state index in [2.05, 4.69) is 79.0 Å². The second-order valence-corrected chi connectivity index (χ2v) is 6.66. The number of nitrogens with one attached hydrogen (secondary N) is 1. The van der Waals surface area contributed by atoms with Crippen LogP contribution in [0.15, 0.2) is 78.9 Å². The van der Waals surface area contributed by atoms with Crippen molar-refractivity contribution in [1.82, 2.24) is 5.32 Å². The van der Waals surface area contributed by atoms with E-state index in [9.17, 15) is 0 Å². The third kappa shape index (κ3) is 4.69. The van der Waals surface area contributed by atoms with Crippen molar-refractivity contribution in [2.45, 2.75) is 25.4 Å². The molecule has 0 amide bonds. The van der Waals surface area contributed by atoms with Crippen molar-refractivity contribution in [3.05, 3.63) is 95.6 Å². The van der Waals surface area contributed by atoms with E-state index >= 15 is 0 Å². The van der Waals surface area contributed by atoms with E-state index in [4.69, 9.17) is 9.47 Å². The molecule has 0 aromatic heterocycles. The van der Waals surface area contributed by atoms with Crippen LogP contribution < -0.4 is 14.8 Å². The highest BCUT2D eigenvalue weighted by molar-refractivity contribution is 5.43. The van der Waals surface area contributed by atoms with Crippen LogP contribution in [0.1, 0.15) is 29.5 Å². The highest BCUT2D eigenvalue weighted by Crippen LogP contribution is 2.30.